The Morgan fingerprint density at radius 1 is 1.35 bits per heavy atom. The molecule has 0 spiro atoms. The molecule has 0 radical (unpaired) electrons. The molecule has 0 atom stereocenters. The van der Waals surface area contributed by atoms with E-state index in [1.54, 1.807) is 0 Å². The Morgan fingerprint density at radius 3 is 2.65 bits per heavy atom. The zero-order chi connectivity index (χ0) is 12.3. The van der Waals surface area contributed by atoms with Gasteiger partial charge in [0.2, 0.25) is 0 Å². The highest BCUT2D eigenvalue weighted by Crippen LogP contribution is 2.35. The summed E-state index contributed by atoms with van der Waals surface area (Å²) in [7, 11) is 4.23. The summed E-state index contributed by atoms with van der Waals surface area (Å²) in [5, 5.41) is 4.19. The second-order valence-electron chi connectivity index (χ2n) is 5.12. The van der Waals surface area contributed by atoms with Gasteiger partial charge in [0.25, 0.3) is 0 Å². The fraction of sp³-hybridized carbons (Fsp3) is 0.571. The number of halogens is 1. The van der Waals surface area contributed by atoms with Gasteiger partial charge in [-0.1, -0.05) is 23.7 Å². The van der Waals surface area contributed by atoms with Crippen LogP contribution in [0.3, 0.4) is 0 Å². The van der Waals surface area contributed by atoms with Gasteiger partial charge >= 0.3 is 0 Å². The van der Waals surface area contributed by atoms with E-state index in [0.29, 0.717) is 0 Å². The molecule has 3 heteroatoms. The van der Waals surface area contributed by atoms with Crippen LogP contribution >= 0.6 is 11.6 Å². The summed E-state index contributed by atoms with van der Waals surface area (Å²) in [6.45, 7) is 3.35. The zero-order valence-corrected chi connectivity index (χ0v) is 11.4. The SMILES string of the molecule is CNCC1(c2cccc(Cl)c2)CCN(C)CC1. The van der Waals surface area contributed by atoms with Gasteiger partial charge in [0.15, 0.2) is 0 Å². The molecule has 94 valence electrons. The first-order chi connectivity index (χ1) is 8.16. The van der Waals surface area contributed by atoms with Crippen LogP contribution in [0.25, 0.3) is 0 Å². The Hall–Kier alpha value is -0.570. The van der Waals surface area contributed by atoms with Crippen LogP contribution in [0.1, 0.15) is 18.4 Å². The highest BCUT2D eigenvalue weighted by atomic mass is 35.5. The van der Waals surface area contributed by atoms with Crippen LogP contribution in [-0.2, 0) is 5.41 Å². The molecule has 1 saturated heterocycles. The second-order valence-corrected chi connectivity index (χ2v) is 5.56. The minimum atomic E-state index is 0.256. The topological polar surface area (TPSA) is 15.3 Å². The fourth-order valence-corrected chi connectivity index (χ4v) is 2.96. The molecule has 0 aromatic heterocycles. The van der Waals surface area contributed by atoms with E-state index in [2.05, 4.69) is 35.5 Å². The number of likely N-dealkylation sites (tertiary alicyclic amines) is 1. The largest absolute Gasteiger partial charge is 0.319 e. The molecule has 0 aliphatic carbocycles. The highest BCUT2D eigenvalue weighted by molar-refractivity contribution is 6.30. The molecule has 2 nitrogen and oxygen atoms in total. The molecule has 0 amide bonds. The first-order valence-corrected chi connectivity index (χ1v) is 6.63. The minimum absolute atomic E-state index is 0.256. The van der Waals surface area contributed by atoms with Gasteiger partial charge in [-0.3, -0.25) is 0 Å². The monoisotopic (exact) mass is 252 g/mol. The summed E-state index contributed by atoms with van der Waals surface area (Å²) in [5.41, 5.74) is 1.64. The average Bonchev–Trinajstić information content (AvgIpc) is 2.33. The molecule has 0 bridgehead atoms. The van der Waals surface area contributed by atoms with E-state index in [0.717, 1.165) is 24.7 Å². The van der Waals surface area contributed by atoms with Crippen molar-refractivity contribution in [3.63, 3.8) is 0 Å². The lowest BCUT2D eigenvalue weighted by atomic mass is 9.73. The van der Waals surface area contributed by atoms with E-state index in [4.69, 9.17) is 11.6 Å². The first-order valence-electron chi connectivity index (χ1n) is 6.25. The van der Waals surface area contributed by atoms with Gasteiger partial charge in [-0.15, -0.1) is 0 Å². The van der Waals surface area contributed by atoms with Crippen molar-refractivity contribution in [1.82, 2.24) is 10.2 Å². The lowest BCUT2D eigenvalue weighted by Crippen LogP contribution is -2.46. The van der Waals surface area contributed by atoms with Crippen molar-refractivity contribution in [2.45, 2.75) is 18.3 Å². The number of nitrogens with zero attached hydrogens (tertiary/aromatic N) is 1. The van der Waals surface area contributed by atoms with E-state index in [-0.39, 0.29) is 5.41 Å². The van der Waals surface area contributed by atoms with Crippen molar-refractivity contribution >= 4 is 11.6 Å². The molecule has 1 heterocycles. The molecule has 1 aliphatic rings. The summed E-state index contributed by atoms with van der Waals surface area (Å²) in [5.74, 6) is 0. The number of benzene rings is 1. The number of hydrogen-bond donors (Lipinski definition) is 1. The summed E-state index contributed by atoms with van der Waals surface area (Å²) in [6, 6.07) is 8.36. The van der Waals surface area contributed by atoms with Crippen LogP contribution in [0.15, 0.2) is 24.3 Å². The highest BCUT2D eigenvalue weighted by Gasteiger charge is 2.34. The van der Waals surface area contributed by atoms with E-state index >= 15 is 0 Å². The molecule has 1 aliphatic heterocycles. The Morgan fingerprint density at radius 2 is 2.06 bits per heavy atom. The second kappa shape index (κ2) is 5.38. The molecular weight excluding hydrogens is 232 g/mol. The molecular formula is C14H21ClN2. The van der Waals surface area contributed by atoms with Crippen molar-refractivity contribution in [1.29, 1.82) is 0 Å². The van der Waals surface area contributed by atoms with Crippen molar-refractivity contribution in [2.75, 3.05) is 33.7 Å². The zero-order valence-electron chi connectivity index (χ0n) is 10.7. The van der Waals surface area contributed by atoms with E-state index < -0.39 is 0 Å². The predicted molar refractivity (Wildman–Crippen MR) is 73.8 cm³/mol. The Balaban J connectivity index is 2.27. The maximum absolute atomic E-state index is 6.12. The molecule has 0 saturated carbocycles. The van der Waals surface area contributed by atoms with Crippen LogP contribution < -0.4 is 5.32 Å². The van der Waals surface area contributed by atoms with Gasteiger partial charge in [-0.05, 0) is 57.7 Å². The van der Waals surface area contributed by atoms with Crippen LogP contribution in [0.2, 0.25) is 5.02 Å². The fourth-order valence-electron chi connectivity index (χ4n) is 2.77. The molecule has 17 heavy (non-hydrogen) atoms. The van der Waals surface area contributed by atoms with E-state index in [1.807, 2.05) is 13.1 Å². The smallest absolute Gasteiger partial charge is 0.0408 e. The average molecular weight is 253 g/mol. The summed E-state index contributed by atoms with van der Waals surface area (Å²) < 4.78 is 0. The number of likely N-dealkylation sites (N-methyl/N-ethyl adjacent to an activating group) is 1. The van der Waals surface area contributed by atoms with Crippen molar-refractivity contribution in [3.05, 3.63) is 34.9 Å². The Bertz CT molecular complexity index is 370. The minimum Gasteiger partial charge on any atom is -0.319 e. The quantitative estimate of drug-likeness (QED) is 0.890. The third-order valence-electron chi connectivity index (χ3n) is 3.90. The van der Waals surface area contributed by atoms with Gasteiger partial charge in [0.05, 0.1) is 0 Å². The Kier molecular flexibility index (Phi) is 4.08. The maximum Gasteiger partial charge on any atom is 0.0408 e. The number of hydrogen-bond acceptors (Lipinski definition) is 2. The lowest BCUT2D eigenvalue weighted by Gasteiger charge is -2.41. The Labute approximate surface area is 109 Å². The molecule has 1 N–H and O–H groups in total. The number of rotatable bonds is 3. The maximum atomic E-state index is 6.12. The number of piperidine rings is 1. The normalized spacial score (nSPS) is 20.4. The van der Waals surface area contributed by atoms with Crippen LogP contribution in [-0.4, -0.2) is 38.6 Å². The van der Waals surface area contributed by atoms with E-state index in [1.165, 1.54) is 18.4 Å². The summed E-state index contributed by atoms with van der Waals surface area (Å²) >= 11 is 6.12. The first kappa shape index (κ1) is 12.9. The molecule has 0 unspecified atom stereocenters. The van der Waals surface area contributed by atoms with Crippen LogP contribution in [0.4, 0.5) is 0 Å². The van der Waals surface area contributed by atoms with Gasteiger partial charge in [-0.25, -0.2) is 0 Å². The third kappa shape index (κ3) is 2.82. The lowest BCUT2D eigenvalue weighted by molar-refractivity contribution is 0.185. The molecule has 1 aromatic rings. The standard InChI is InChI=1S/C14H21ClN2/c1-16-11-14(6-8-17(2)9-7-14)12-4-3-5-13(15)10-12/h3-5,10,16H,6-9,11H2,1-2H3. The summed E-state index contributed by atoms with van der Waals surface area (Å²) in [4.78, 5) is 2.40. The van der Waals surface area contributed by atoms with Crippen LogP contribution in [0.5, 0.6) is 0 Å². The van der Waals surface area contributed by atoms with Gasteiger partial charge in [-0.2, -0.15) is 0 Å². The third-order valence-corrected chi connectivity index (χ3v) is 4.13. The summed E-state index contributed by atoms with van der Waals surface area (Å²) in [6.07, 6.45) is 2.40. The van der Waals surface area contributed by atoms with Crippen molar-refractivity contribution in [2.24, 2.45) is 0 Å². The number of nitrogens with one attached hydrogen (secondary N) is 1. The molecule has 1 fully saturated rings. The van der Waals surface area contributed by atoms with Crippen molar-refractivity contribution < 1.29 is 0 Å². The van der Waals surface area contributed by atoms with E-state index in [9.17, 15) is 0 Å². The van der Waals surface area contributed by atoms with Gasteiger partial charge in [0, 0.05) is 17.0 Å². The molecule has 2 rings (SSSR count). The van der Waals surface area contributed by atoms with Crippen molar-refractivity contribution in [3.8, 4) is 0 Å². The van der Waals surface area contributed by atoms with Gasteiger partial charge in [0.1, 0.15) is 0 Å². The predicted octanol–water partition coefficient (Wildman–Crippen LogP) is 2.52. The van der Waals surface area contributed by atoms with Gasteiger partial charge < -0.3 is 10.2 Å². The molecule has 1 aromatic carbocycles. The van der Waals surface area contributed by atoms with Crippen LogP contribution in [0, 0.1) is 0 Å².